The molecule has 4 heteroatoms. The highest BCUT2D eigenvalue weighted by molar-refractivity contribution is 5.36. The number of ether oxygens (including phenoxy) is 1. The summed E-state index contributed by atoms with van der Waals surface area (Å²) in [4.78, 5) is 0. The van der Waals surface area contributed by atoms with E-state index in [1.165, 1.54) is 5.56 Å². The second kappa shape index (κ2) is 8.08. The molecule has 3 N–H and O–H groups in total. The second-order valence-electron chi connectivity index (χ2n) is 4.32. The molecule has 0 aliphatic carbocycles. The van der Waals surface area contributed by atoms with E-state index >= 15 is 0 Å². The van der Waals surface area contributed by atoms with Crippen molar-refractivity contribution in [2.24, 2.45) is 0 Å². The molecule has 0 aromatic heterocycles. The lowest BCUT2D eigenvalue weighted by Crippen LogP contribution is -2.30. The molecular formula is C14H23NO3. The summed E-state index contributed by atoms with van der Waals surface area (Å²) in [7, 11) is 0. The quantitative estimate of drug-likeness (QED) is 0.602. The van der Waals surface area contributed by atoms with Gasteiger partial charge in [0.25, 0.3) is 0 Å². The summed E-state index contributed by atoms with van der Waals surface area (Å²) < 4.78 is 5.49. The minimum absolute atomic E-state index is 0.199. The van der Waals surface area contributed by atoms with Gasteiger partial charge in [0.1, 0.15) is 5.75 Å². The molecule has 0 aliphatic heterocycles. The highest BCUT2D eigenvalue weighted by Crippen LogP contribution is 2.19. The van der Waals surface area contributed by atoms with Gasteiger partial charge < -0.3 is 20.3 Å². The van der Waals surface area contributed by atoms with Crippen molar-refractivity contribution in [3.63, 3.8) is 0 Å². The summed E-state index contributed by atoms with van der Waals surface area (Å²) in [6, 6.07) is 6.17. The summed E-state index contributed by atoms with van der Waals surface area (Å²) in [6.45, 7) is 5.70. The first kappa shape index (κ1) is 15.0. The van der Waals surface area contributed by atoms with Gasteiger partial charge in [-0.2, -0.15) is 0 Å². The molecule has 102 valence electrons. The van der Waals surface area contributed by atoms with Crippen molar-refractivity contribution in [2.45, 2.75) is 26.4 Å². The Labute approximate surface area is 109 Å². The molecule has 0 fully saturated rings. The van der Waals surface area contributed by atoms with E-state index in [4.69, 9.17) is 14.9 Å². The van der Waals surface area contributed by atoms with E-state index in [-0.39, 0.29) is 6.61 Å². The molecule has 1 aromatic carbocycles. The van der Waals surface area contributed by atoms with Crippen LogP contribution in [-0.4, -0.2) is 42.6 Å². The SMILES string of the molecule is CCOc1ccc(CCNCC(O)CO)cc1C. The Morgan fingerprint density at radius 3 is 2.78 bits per heavy atom. The molecule has 0 aliphatic rings. The van der Waals surface area contributed by atoms with Crippen molar-refractivity contribution in [1.82, 2.24) is 5.32 Å². The Morgan fingerprint density at radius 2 is 2.17 bits per heavy atom. The lowest BCUT2D eigenvalue weighted by molar-refractivity contribution is 0.0947. The number of aryl methyl sites for hydroxylation is 1. The minimum Gasteiger partial charge on any atom is -0.494 e. The Kier molecular flexibility index (Phi) is 6.72. The number of hydrogen-bond donors (Lipinski definition) is 3. The molecule has 0 bridgehead atoms. The zero-order valence-electron chi connectivity index (χ0n) is 11.1. The number of hydrogen-bond acceptors (Lipinski definition) is 4. The van der Waals surface area contributed by atoms with Crippen LogP contribution >= 0.6 is 0 Å². The van der Waals surface area contributed by atoms with Crippen molar-refractivity contribution in [3.8, 4) is 5.75 Å². The van der Waals surface area contributed by atoms with Gasteiger partial charge in [-0.15, -0.1) is 0 Å². The highest BCUT2D eigenvalue weighted by Gasteiger charge is 2.02. The Balaban J connectivity index is 2.37. The molecule has 0 saturated heterocycles. The van der Waals surface area contributed by atoms with E-state index in [0.717, 1.165) is 24.3 Å². The zero-order valence-corrected chi connectivity index (χ0v) is 11.1. The molecule has 0 amide bonds. The molecule has 0 spiro atoms. The standard InChI is InChI=1S/C14H23NO3/c1-3-18-14-5-4-12(8-11(14)2)6-7-15-9-13(17)10-16/h4-5,8,13,15-17H,3,6-7,9-10H2,1-2H3. The largest absolute Gasteiger partial charge is 0.494 e. The molecule has 0 heterocycles. The minimum atomic E-state index is -0.674. The third-order valence-electron chi connectivity index (χ3n) is 2.72. The predicted octanol–water partition coefficient (Wildman–Crippen LogP) is 0.879. The lowest BCUT2D eigenvalue weighted by Gasteiger charge is -2.11. The molecule has 0 radical (unpaired) electrons. The van der Waals surface area contributed by atoms with Crippen LogP contribution in [0.4, 0.5) is 0 Å². The van der Waals surface area contributed by atoms with Crippen LogP contribution in [-0.2, 0) is 6.42 Å². The number of aliphatic hydroxyl groups is 2. The van der Waals surface area contributed by atoms with E-state index in [9.17, 15) is 0 Å². The van der Waals surface area contributed by atoms with Crippen molar-refractivity contribution >= 4 is 0 Å². The van der Waals surface area contributed by atoms with E-state index in [2.05, 4.69) is 17.4 Å². The van der Waals surface area contributed by atoms with Crippen molar-refractivity contribution in [2.75, 3.05) is 26.3 Å². The van der Waals surface area contributed by atoms with Crippen LogP contribution in [0.5, 0.6) is 5.75 Å². The third-order valence-corrected chi connectivity index (χ3v) is 2.72. The van der Waals surface area contributed by atoms with Crippen molar-refractivity contribution in [3.05, 3.63) is 29.3 Å². The van der Waals surface area contributed by atoms with Gasteiger partial charge in [0.15, 0.2) is 0 Å². The van der Waals surface area contributed by atoms with E-state index in [1.807, 2.05) is 19.9 Å². The molecule has 0 saturated carbocycles. The predicted molar refractivity (Wildman–Crippen MR) is 72.0 cm³/mol. The fraction of sp³-hybridized carbons (Fsp3) is 0.571. The van der Waals surface area contributed by atoms with Gasteiger partial charge in [-0.3, -0.25) is 0 Å². The molecule has 18 heavy (non-hydrogen) atoms. The lowest BCUT2D eigenvalue weighted by atomic mass is 10.1. The smallest absolute Gasteiger partial charge is 0.122 e. The van der Waals surface area contributed by atoms with Crippen LogP contribution in [0.2, 0.25) is 0 Å². The van der Waals surface area contributed by atoms with Crippen LogP contribution in [0.1, 0.15) is 18.1 Å². The number of rotatable bonds is 8. The fourth-order valence-electron chi connectivity index (χ4n) is 1.75. The van der Waals surface area contributed by atoms with Gasteiger partial charge in [0.2, 0.25) is 0 Å². The zero-order chi connectivity index (χ0) is 13.4. The van der Waals surface area contributed by atoms with Gasteiger partial charge in [0.05, 0.1) is 19.3 Å². The first-order valence-corrected chi connectivity index (χ1v) is 6.39. The first-order valence-electron chi connectivity index (χ1n) is 6.39. The summed E-state index contributed by atoms with van der Waals surface area (Å²) in [5.41, 5.74) is 2.38. The van der Waals surface area contributed by atoms with E-state index < -0.39 is 6.10 Å². The average Bonchev–Trinajstić information content (AvgIpc) is 2.37. The maximum Gasteiger partial charge on any atom is 0.122 e. The molecular weight excluding hydrogens is 230 g/mol. The molecule has 1 aromatic rings. The summed E-state index contributed by atoms with van der Waals surface area (Å²) >= 11 is 0. The third kappa shape index (κ3) is 5.04. The van der Waals surface area contributed by atoms with Gasteiger partial charge in [-0.25, -0.2) is 0 Å². The first-order chi connectivity index (χ1) is 8.67. The van der Waals surface area contributed by atoms with Crippen LogP contribution in [0.3, 0.4) is 0 Å². The van der Waals surface area contributed by atoms with Gasteiger partial charge in [-0.1, -0.05) is 12.1 Å². The fourth-order valence-corrected chi connectivity index (χ4v) is 1.75. The van der Waals surface area contributed by atoms with E-state index in [0.29, 0.717) is 13.2 Å². The molecule has 1 rings (SSSR count). The molecule has 1 atom stereocenters. The molecule has 4 nitrogen and oxygen atoms in total. The van der Waals surface area contributed by atoms with Crippen molar-refractivity contribution in [1.29, 1.82) is 0 Å². The second-order valence-corrected chi connectivity index (χ2v) is 4.32. The van der Waals surface area contributed by atoms with Gasteiger partial charge in [0, 0.05) is 6.54 Å². The monoisotopic (exact) mass is 253 g/mol. The van der Waals surface area contributed by atoms with Gasteiger partial charge in [-0.05, 0) is 44.0 Å². The summed E-state index contributed by atoms with van der Waals surface area (Å²) in [5, 5.41) is 20.9. The van der Waals surface area contributed by atoms with Crippen LogP contribution in [0.25, 0.3) is 0 Å². The number of nitrogens with one attached hydrogen (secondary N) is 1. The molecule has 1 unspecified atom stereocenters. The average molecular weight is 253 g/mol. The van der Waals surface area contributed by atoms with Gasteiger partial charge >= 0.3 is 0 Å². The van der Waals surface area contributed by atoms with E-state index in [1.54, 1.807) is 0 Å². The topological polar surface area (TPSA) is 61.7 Å². The maximum absolute atomic E-state index is 9.17. The van der Waals surface area contributed by atoms with Crippen LogP contribution < -0.4 is 10.1 Å². The Morgan fingerprint density at radius 1 is 1.39 bits per heavy atom. The van der Waals surface area contributed by atoms with Crippen LogP contribution in [0, 0.1) is 6.92 Å². The normalized spacial score (nSPS) is 12.4. The number of aliphatic hydroxyl groups excluding tert-OH is 2. The maximum atomic E-state index is 9.17. The van der Waals surface area contributed by atoms with Crippen molar-refractivity contribution < 1.29 is 14.9 Å². The Hall–Kier alpha value is -1.10. The van der Waals surface area contributed by atoms with Crippen LogP contribution in [0.15, 0.2) is 18.2 Å². The summed E-state index contributed by atoms with van der Waals surface area (Å²) in [6.07, 6.45) is 0.220. The Bertz CT molecular complexity index is 355. The summed E-state index contributed by atoms with van der Waals surface area (Å²) in [5.74, 6) is 0.935. The number of benzene rings is 1. The highest BCUT2D eigenvalue weighted by atomic mass is 16.5.